The van der Waals surface area contributed by atoms with Crippen LogP contribution in [0.25, 0.3) is 0 Å². The van der Waals surface area contributed by atoms with Crippen molar-refractivity contribution in [2.45, 2.75) is 90.0 Å². The van der Waals surface area contributed by atoms with E-state index in [1.165, 1.54) is 5.06 Å². The average molecular weight is 512 g/mol. The van der Waals surface area contributed by atoms with E-state index in [9.17, 15) is 19.2 Å². The Labute approximate surface area is 217 Å². The Balaban J connectivity index is 1.15. The molecule has 0 aromatic heterocycles. The van der Waals surface area contributed by atoms with Gasteiger partial charge >= 0.3 is 12.0 Å². The Hall–Kier alpha value is -2.94. The molecule has 2 aliphatic heterocycles. The Morgan fingerprint density at radius 2 is 1.78 bits per heavy atom. The summed E-state index contributed by atoms with van der Waals surface area (Å²) in [6, 6.07) is 8.74. The highest BCUT2D eigenvalue weighted by molar-refractivity contribution is 5.95. The first kappa shape index (κ1) is 25.7. The number of ether oxygens (including phenoxy) is 1. The lowest BCUT2D eigenvalue weighted by Crippen LogP contribution is -2.53. The molecule has 9 nitrogen and oxygen atoms in total. The molecule has 9 heteroatoms. The minimum Gasteiger partial charge on any atom is -0.460 e. The molecule has 1 aromatic rings. The van der Waals surface area contributed by atoms with Crippen LogP contribution in [0, 0.1) is 10.8 Å². The number of nitrogens with one attached hydrogen (secondary N) is 1. The summed E-state index contributed by atoms with van der Waals surface area (Å²) >= 11 is 0. The maximum absolute atomic E-state index is 13.2. The maximum atomic E-state index is 13.2. The number of carbonyl (C=O) groups excluding carboxylic acids is 4. The third-order valence-corrected chi connectivity index (χ3v) is 8.27. The van der Waals surface area contributed by atoms with Gasteiger partial charge in [-0.1, -0.05) is 30.3 Å². The van der Waals surface area contributed by atoms with Gasteiger partial charge in [-0.2, -0.15) is 5.06 Å². The zero-order valence-corrected chi connectivity index (χ0v) is 22.0. The van der Waals surface area contributed by atoms with Crippen LogP contribution in [0.2, 0.25) is 0 Å². The fourth-order valence-electron chi connectivity index (χ4n) is 5.75. The molecule has 2 bridgehead atoms. The summed E-state index contributed by atoms with van der Waals surface area (Å²) in [5.74, 6) is -0.659. The molecule has 1 spiro atoms. The molecular formula is C28H37N3O6. The molecule has 1 N–H and O–H groups in total. The molecule has 1 aromatic carbocycles. The third kappa shape index (κ3) is 5.37. The molecule has 2 saturated carbocycles. The molecular weight excluding hydrogens is 474 g/mol. The molecule has 37 heavy (non-hydrogen) atoms. The van der Waals surface area contributed by atoms with E-state index in [-0.39, 0.29) is 48.1 Å². The number of rotatable bonds is 10. The van der Waals surface area contributed by atoms with Crippen LogP contribution in [0.3, 0.4) is 0 Å². The number of amides is 3. The van der Waals surface area contributed by atoms with E-state index in [2.05, 4.69) is 5.32 Å². The van der Waals surface area contributed by atoms with Crippen molar-refractivity contribution in [2.75, 3.05) is 13.1 Å². The van der Waals surface area contributed by atoms with Gasteiger partial charge in [0.1, 0.15) is 18.2 Å². The van der Waals surface area contributed by atoms with Crippen LogP contribution in [0.15, 0.2) is 30.3 Å². The van der Waals surface area contributed by atoms with Crippen molar-refractivity contribution in [3.8, 4) is 0 Å². The lowest BCUT2D eigenvalue weighted by molar-refractivity contribution is -0.155. The number of esters is 1. The van der Waals surface area contributed by atoms with E-state index in [1.807, 2.05) is 51.1 Å². The molecule has 0 radical (unpaired) electrons. The van der Waals surface area contributed by atoms with Gasteiger partial charge in [0.25, 0.3) is 0 Å². The van der Waals surface area contributed by atoms with Gasteiger partial charge in [0, 0.05) is 18.4 Å². The third-order valence-electron chi connectivity index (χ3n) is 8.27. The number of piperidine rings is 1. The fraction of sp³-hybridized carbons (Fsp3) is 0.643. The topological polar surface area (TPSA) is 105 Å². The van der Waals surface area contributed by atoms with Crippen LogP contribution >= 0.6 is 0 Å². The number of hydroxylamine groups is 2. The van der Waals surface area contributed by atoms with Crippen molar-refractivity contribution in [1.82, 2.24) is 15.3 Å². The first-order valence-electron chi connectivity index (χ1n) is 13.3. The normalized spacial score (nSPS) is 24.7. The second-order valence-electron chi connectivity index (χ2n) is 12.1. The summed E-state index contributed by atoms with van der Waals surface area (Å²) in [6.07, 6.45) is 4.56. The van der Waals surface area contributed by atoms with Crippen LogP contribution in [0.5, 0.6) is 0 Å². The lowest BCUT2D eigenvalue weighted by Gasteiger charge is -2.35. The van der Waals surface area contributed by atoms with Crippen LogP contribution < -0.4 is 5.32 Å². The number of urea groups is 1. The van der Waals surface area contributed by atoms with Crippen molar-refractivity contribution in [2.24, 2.45) is 10.8 Å². The predicted molar refractivity (Wildman–Crippen MR) is 134 cm³/mol. The predicted octanol–water partition coefficient (Wildman–Crippen LogP) is 3.36. The van der Waals surface area contributed by atoms with E-state index >= 15 is 0 Å². The molecule has 3 amide bonds. The van der Waals surface area contributed by atoms with Crippen molar-refractivity contribution in [3.05, 3.63) is 35.9 Å². The summed E-state index contributed by atoms with van der Waals surface area (Å²) in [6.45, 7) is 6.12. The SMILES string of the molecule is CC(C)(C)OC(=O)CCC1(C(=O)CNC(=O)[C@@H]2CC3(CC3)[C@@H]3CN2C(=O)N3OCc2ccccc2)CC1. The van der Waals surface area contributed by atoms with Gasteiger partial charge in [0.05, 0.1) is 12.6 Å². The molecule has 2 aliphatic carbocycles. The van der Waals surface area contributed by atoms with Crippen LogP contribution in [0.4, 0.5) is 4.79 Å². The van der Waals surface area contributed by atoms with Gasteiger partial charge in [-0.15, -0.1) is 0 Å². The Morgan fingerprint density at radius 3 is 2.41 bits per heavy atom. The van der Waals surface area contributed by atoms with Gasteiger partial charge in [0.2, 0.25) is 5.91 Å². The van der Waals surface area contributed by atoms with E-state index in [1.54, 1.807) is 4.90 Å². The van der Waals surface area contributed by atoms with Crippen molar-refractivity contribution < 1.29 is 28.8 Å². The van der Waals surface area contributed by atoms with E-state index in [0.717, 1.165) is 31.2 Å². The molecule has 0 unspecified atom stereocenters. The number of fused-ring (bicyclic) bond motifs is 3. The van der Waals surface area contributed by atoms with Gasteiger partial charge < -0.3 is 15.0 Å². The summed E-state index contributed by atoms with van der Waals surface area (Å²) < 4.78 is 5.36. The number of nitrogens with zero attached hydrogens (tertiary/aromatic N) is 2. The number of Topliss-reactive ketones (excluding diaryl/α,β-unsaturated/α-hetero) is 1. The zero-order valence-electron chi connectivity index (χ0n) is 22.0. The average Bonchev–Trinajstić information content (AvgIpc) is 3.78. The second-order valence-corrected chi connectivity index (χ2v) is 12.1. The van der Waals surface area contributed by atoms with E-state index in [0.29, 0.717) is 26.0 Å². The number of hydrogen-bond donors (Lipinski definition) is 1. The molecule has 200 valence electrons. The highest BCUT2D eigenvalue weighted by Gasteiger charge is 2.64. The number of carbonyl (C=O) groups is 4. The number of benzene rings is 1. The highest BCUT2D eigenvalue weighted by atomic mass is 16.7. The van der Waals surface area contributed by atoms with Crippen molar-refractivity contribution in [3.63, 3.8) is 0 Å². The molecule has 4 fully saturated rings. The minimum atomic E-state index is -0.610. The smallest absolute Gasteiger partial charge is 0.345 e. The number of ketones is 1. The van der Waals surface area contributed by atoms with E-state index < -0.39 is 17.1 Å². The molecule has 4 aliphatic rings. The Morgan fingerprint density at radius 1 is 1.08 bits per heavy atom. The molecule has 2 saturated heterocycles. The van der Waals surface area contributed by atoms with Crippen LogP contribution in [-0.2, 0) is 30.6 Å². The maximum Gasteiger partial charge on any atom is 0.345 e. The standard InChI is InChI=1S/C28H37N3O6/c1-26(2,3)37-23(33)9-10-27(11-12-27)22(32)16-29-24(34)20-15-28(13-14-28)21-17-30(20)25(35)31(21)36-18-19-7-5-4-6-8-19/h4-8,20-21H,9-18H2,1-3H3,(H,29,34)/t20-,21-/m0/s1. The van der Waals surface area contributed by atoms with Gasteiger partial charge in [-0.3, -0.25) is 19.2 Å². The summed E-state index contributed by atoms with van der Waals surface area (Å²) in [5.41, 5.74) is -0.231. The highest BCUT2D eigenvalue weighted by Crippen LogP contribution is 2.59. The number of hydrogen-bond acceptors (Lipinski definition) is 6. The summed E-state index contributed by atoms with van der Waals surface area (Å²) in [5, 5.41) is 4.29. The fourth-order valence-corrected chi connectivity index (χ4v) is 5.75. The summed E-state index contributed by atoms with van der Waals surface area (Å²) in [7, 11) is 0. The molecule has 5 rings (SSSR count). The minimum absolute atomic E-state index is 0.0557. The van der Waals surface area contributed by atoms with Gasteiger partial charge in [0.15, 0.2) is 5.78 Å². The second kappa shape index (κ2) is 9.42. The summed E-state index contributed by atoms with van der Waals surface area (Å²) in [4.78, 5) is 59.1. The monoisotopic (exact) mass is 511 g/mol. The van der Waals surface area contributed by atoms with Gasteiger partial charge in [-0.25, -0.2) is 4.79 Å². The van der Waals surface area contributed by atoms with Crippen LogP contribution in [0.1, 0.15) is 71.3 Å². The van der Waals surface area contributed by atoms with E-state index in [4.69, 9.17) is 9.57 Å². The van der Waals surface area contributed by atoms with Crippen molar-refractivity contribution >= 4 is 23.7 Å². The Bertz CT molecular complexity index is 1070. The lowest BCUT2D eigenvalue weighted by atomic mass is 9.85. The van der Waals surface area contributed by atoms with Gasteiger partial charge in [-0.05, 0) is 70.3 Å². The Kier molecular flexibility index (Phi) is 6.54. The first-order chi connectivity index (χ1) is 17.5. The largest absolute Gasteiger partial charge is 0.460 e. The zero-order chi connectivity index (χ0) is 26.4. The van der Waals surface area contributed by atoms with Crippen LogP contribution in [-0.4, -0.2) is 64.4 Å². The van der Waals surface area contributed by atoms with Crippen molar-refractivity contribution in [1.29, 1.82) is 0 Å². The molecule has 2 atom stereocenters. The molecule has 2 heterocycles. The quantitative estimate of drug-likeness (QED) is 0.483. The first-order valence-corrected chi connectivity index (χ1v) is 13.3.